The van der Waals surface area contributed by atoms with E-state index < -0.39 is 17.6 Å². The fourth-order valence-corrected chi connectivity index (χ4v) is 4.90. The van der Waals surface area contributed by atoms with Gasteiger partial charge in [-0.25, -0.2) is 13.8 Å². The second-order valence-corrected chi connectivity index (χ2v) is 8.65. The number of hydrogen-bond donors (Lipinski definition) is 0. The number of thiazole rings is 1. The summed E-state index contributed by atoms with van der Waals surface area (Å²) in [4.78, 5) is 30.4. The second kappa shape index (κ2) is 10.1. The molecule has 0 radical (unpaired) electrons. The molecule has 0 fully saturated rings. The number of benzene rings is 1. The Balaban J connectivity index is 1.85. The largest absolute Gasteiger partial charge is 0.466 e. The van der Waals surface area contributed by atoms with Crippen LogP contribution >= 0.6 is 22.7 Å². The van der Waals surface area contributed by atoms with E-state index in [-0.39, 0.29) is 37.4 Å². The van der Waals surface area contributed by atoms with Gasteiger partial charge < -0.3 is 4.74 Å². The van der Waals surface area contributed by atoms with Gasteiger partial charge in [-0.1, -0.05) is 13.3 Å². The van der Waals surface area contributed by atoms with Gasteiger partial charge in [-0.15, -0.1) is 22.7 Å². The molecule has 0 saturated heterocycles. The lowest BCUT2D eigenvalue weighted by molar-refractivity contribution is -0.144. The van der Waals surface area contributed by atoms with Crippen LogP contribution in [0.15, 0.2) is 23.6 Å². The van der Waals surface area contributed by atoms with Crippen molar-refractivity contribution in [2.24, 2.45) is 0 Å². The minimum absolute atomic E-state index is 0.00622. The van der Waals surface area contributed by atoms with Crippen molar-refractivity contribution in [2.75, 3.05) is 11.5 Å². The van der Waals surface area contributed by atoms with Crippen LogP contribution in [-0.2, 0) is 27.3 Å². The third-order valence-electron chi connectivity index (χ3n) is 4.38. The first-order valence-corrected chi connectivity index (χ1v) is 11.4. The summed E-state index contributed by atoms with van der Waals surface area (Å²) in [6.07, 6.45) is 1.85. The summed E-state index contributed by atoms with van der Waals surface area (Å²) in [5.74, 6) is -2.62. The predicted octanol–water partition coefficient (Wildman–Crippen LogP) is 5.47. The molecule has 1 aromatic carbocycles. The van der Waals surface area contributed by atoms with Crippen LogP contribution in [0, 0.1) is 11.6 Å². The second-order valence-electron chi connectivity index (χ2n) is 6.64. The Morgan fingerprint density at radius 2 is 2.00 bits per heavy atom. The summed E-state index contributed by atoms with van der Waals surface area (Å²) in [5.41, 5.74) is 1.09. The fourth-order valence-electron chi connectivity index (χ4n) is 2.98. The number of aryl methyl sites for hydroxylation is 1. The van der Waals surface area contributed by atoms with Crippen LogP contribution < -0.4 is 4.90 Å². The Kier molecular flexibility index (Phi) is 7.49. The third-order valence-corrected chi connectivity index (χ3v) is 6.39. The number of anilines is 1. The first-order valence-electron chi connectivity index (χ1n) is 9.69. The molecule has 0 aliphatic carbocycles. The minimum Gasteiger partial charge on any atom is -0.466 e. The third kappa shape index (κ3) is 5.20. The molecule has 0 unspecified atom stereocenters. The van der Waals surface area contributed by atoms with Crippen LogP contribution in [0.4, 0.5) is 13.8 Å². The van der Waals surface area contributed by atoms with Gasteiger partial charge in [-0.05, 0) is 42.5 Å². The van der Waals surface area contributed by atoms with Crippen LogP contribution in [0.2, 0.25) is 0 Å². The first-order chi connectivity index (χ1) is 14.4. The van der Waals surface area contributed by atoms with Gasteiger partial charge in [0.2, 0.25) is 5.91 Å². The number of fused-ring (bicyclic) bond motifs is 1. The number of rotatable bonds is 9. The van der Waals surface area contributed by atoms with Gasteiger partial charge in [0, 0.05) is 6.42 Å². The number of amides is 1. The number of thiophene rings is 1. The van der Waals surface area contributed by atoms with Gasteiger partial charge >= 0.3 is 5.97 Å². The Morgan fingerprint density at radius 1 is 1.20 bits per heavy atom. The summed E-state index contributed by atoms with van der Waals surface area (Å²) in [6.45, 7) is 4.17. The van der Waals surface area contributed by atoms with Crippen molar-refractivity contribution < 1.29 is 23.1 Å². The molecule has 0 N–H and O–H groups in total. The monoisotopic (exact) mass is 452 g/mol. The molecule has 5 nitrogen and oxygen atoms in total. The van der Waals surface area contributed by atoms with Crippen LogP contribution in [0.1, 0.15) is 43.7 Å². The van der Waals surface area contributed by atoms with Crippen LogP contribution in [-0.4, -0.2) is 23.5 Å². The molecular formula is C21H22F2N2O3S2. The van der Waals surface area contributed by atoms with Gasteiger partial charge in [-0.3, -0.25) is 14.5 Å². The van der Waals surface area contributed by atoms with Crippen LogP contribution in [0.5, 0.6) is 0 Å². The summed E-state index contributed by atoms with van der Waals surface area (Å²) >= 11 is 2.65. The zero-order valence-corrected chi connectivity index (χ0v) is 18.4. The Bertz CT molecular complexity index is 1050. The average Bonchev–Trinajstić information content (AvgIpc) is 3.35. The summed E-state index contributed by atoms with van der Waals surface area (Å²) in [6, 6.07) is 4.49. The predicted molar refractivity (Wildman–Crippen MR) is 115 cm³/mol. The smallest absolute Gasteiger partial charge is 0.306 e. The quantitative estimate of drug-likeness (QED) is 0.404. The van der Waals surface area contributed by atoms with Crippen molar-refractivity contribution >= 4 is 49.8 Å². The number of ether oxygens (including phenoxy) is 1. The highest BCUT2D eigenvalue weighted by Crippen LogP contribution is 2.31. The number of esters is 1. The van der Waals surface area contributed by atoms with Crippen molar-refractivity contribution in [3.63, 3.8) is 0 Å². The lowest BCUT2D eigenvalue weighted by atomic mass is 10.2. The van der Waals surface area contributed by atoms with Gasteiger partial charge in [0.05, 0.1) is 29.3 Å². The maximum atomic E-state index is 14.0. The summed E-state index contributed by atoms with van der Waals surface area (Å²) in [5, 5.41) is 3.22. The standard InChI is InChI=1S/C21H22F2N2O3S2/c1-3-5-13-10-18(29-12-13)25(17(26)8-9-19(27)28-4-2)11-16-24-21-15(30-16)7-6-14(22)20(21)23/h6-7,10,12H,3-5,8-9,11H2,1-2H3. The normalized spacial score (nSPS) is 11.1. The Morgan fingerprint density at radius 3 is 2.73 bits per heavy atom. The van der Waals surface area contributed by atoms with E-state index in [1.54, 1.807) is 11.8 Å². The topological polar surface area (TPSA) is 59.5 Å². The molecule has 9 heteroatoms. The average molecular weight is 453 g/mol. The van der Waals surface area contributed by atoms with Crippen molar-refractivity contribution in [2.45, 2.75) is 46.1 Å². The lowest BCUT2D eigenvalue weighted by Crippen LogP contribution is -2.30. The van der Waals surface area contributed by atoms with E-state index in [4.69, 9.17) is 4.74 Å². The molecule has 30 heavy (non-hydrogen) atoms. The van der Waals surface area contributed by atoms with Crippen molar-refractivity contribution in [3.05, 3.63) is 45.8 Å². The highest BCUT2D eigenvalue weighted by atomic mass is 32.1. The molecule has 0 atom stereocenters. The SMILES string of the molecule is CCCc1csc(N(Cc2nc3c(F)c(F)ccc3s2)C(=O)CCC(=O)OCC)c1. The van der Waals surface area contributed by atoms with E-state index in [1.165, 1.54) is 28.7 Å². The van der Waals surface area contributed by atoms with E-state index in [2.05, 4.69) is 11.9 Å². The van der Waals surface area contributed by atoms with Gasteiger partial charge in [0.25, 0.3) is 0 Å². The molecule has 3 rings (SSSR count). The van der Waals surface area contributed by atoms with E-state index >= 15 is 0 Å². The van der Waals surface area contributed by atoms with Gasteiger partial charge in [0.15, 0.2) is 11.6 Å². The highest BCUT2D eigenvalue weighted by Gasteiger charge is 2.22. The zero-order chi connectivity index (χ0) is 21.7. The molecule has 0 aliphatic heterocycles. The number of hydrogen-bond acceptors (Lipinski definition) is 6. The summed E-state index contributed by atoms with van der Waals surface area (Å²) < 4.78 is 33.0. The summed E-state index contributed by atoms with van der Waals surface area (Å²) in [7, 11) is 0. The molecule has 0 saturated carbocycles. The molecule has 3 aromatic rings. The van der Waals surface area contributed by atoms with Crippen molar-refractivity contribution in [1.82, 2.24) is 4.98 Å². The van der Waals surface area contributed by atoms with Crippen molar-refractivity contribution in [1.29, 1.82) is 0 Å². The molecular weight excluding hydrogens is 430 g/mol. The lowest BCUT2D eigenvalue weighted by Gasteiger charge is -2.19. The molecule has 0 aliphatic rings. The van der Waals surface area contributed by atoms with Crippen LogP contribution in [0.3, 0.4) is 0 Å². The number of halogens is 2. The molecule has 160 valence electrons. The zero-order valence-electron chi connectivity index (χ0n) is 16.7. The molecule has 0 spiro atoms. The van der Waals surface area contributed by atoms with Crippen molar-refractivity contribution in [3.8, 4) is 0 Å². The Hall–Kier alpha value is -2.39. The van der Waals surface area contributed by atoms with Gasteiger partial charge in [-0.2, -0.15) is 0 Å². The number of aromatic nitrogens is 1. The van der Waals surface area contributed by atoms with E-state index in [0.717, 1.165) is 29.5 Å². The maximum absolute atomic E-state index is 14.0. The first kappa shape index (κ1) is 22.3. The number of carbonyl (C=O) groups excluding carboxylic acids is 2. The molecule has 1 amide bonds. The van der Waals surface area contributed by atoms with Gasteiger partial charge in [0.1, 0.15) is 10.5 Å². The van der Waals surface area contributed by atoms with E-state index in [0.29, 0.717) is 9.71 Å². The number of carbonyl (C=O) groups is 2. The molecule has 2 heterocycles. The van der Waals surface area contributed by atoms with E-state index in [9.17, 15) is 18.4 Å². The minimum atomic E-state index is -0.989. The van der Waals surface area contributed by atoms with E-state index in [1.807, 2.05) is 11.4 Å². The number of nitrogens with zero attached hydrogens (tertiary/aromatic N) is 2. The van der Waals surface area contributed by atoms with Crippen LogP contribution in [0.25, 0.3) is 10.2 Å². The molecule has 2 aromatic heterocycles. The highest BCUT2D eigenvalue weighted by molar-refractivity contribution is 7.18. The Labute approximate surface area is 181 Å². The molecule has 0 bridgehead atoms. The fraction of sp³-hybridized carbons (Fsp3) is 0.381. The maximum Gasteiger partial charge on any atom is 0.306 e.